The van der Waals surface area contributed by atoms with E-state index in [2.05, 4.69) is 12.1 Å². The van der Waals surface area contributed by atoms with Crippen LogP contribution in [0.3, 0.4) is 0 Å². The van der Waals surface area contributed by atoms with Crippen molar-refractivity contribution >= 4 is 5.91 Å². The third-order valence-electron chi connectivity index (χ3n) is 3.08. The fraction of sp³-hybridized carbons (Fsp3) is 0.133. The molecule has 1 fully saturated rings. The lowest BCUT2D eigenvalue weighted by Crippen LogP contribution is -2.11. The first kappa shape index (κ1) is 10.1. The van der Waals surface area contributed by atoms with Crippen molar-refractivity contribution in [3.63, 3.8) is 0 Å². The summed E-state index contributed by atoms with van der Waals surface area (Å²) >= 11 is 0. The van der Waals surface area contributed by atoms with Crippen LogP contribution in [0.2, 0.25) is 0 Å². The Morgan fingerprint density at radius 2 is 1.53 bits per heavy atom. The Morgan fingerprint density at radius 3 is 2.18 bits per heavy atom. The van der Waals surface area contributed by atoms with Gasteiger partial charge in [-0.2, -0.15) is 0 Å². The maximum atomic E-state index is 12.1. The summed E-state index contributed by atoms with van der Waals surface area (Å²) in [7, 11) is 0. The van der Waals surface area contributed by atoms with Gasteiger partial charge in [-0.05, 0) is 17.7 Å². The van der Waals surface area contributed by atoms with Crippen LogP contribution in [0, 0.1) is 0 Å². The van der Waals surface area contributed by atoms with Crippen LogP contribution >= 0.6 is 0 Å². The van der Waals surface area contributed by atoms with Crippen LogP contribution in [-0.2, 0) is 0 Å². The SMILES string of the molecule is O=C(c1ccccc1)N1CC1c1ccccc1. The van der Waals surface area contributed by atoms with Gasteiger partial charge in [0.2, 0.25) is 0 Å². The Bertz CT molecular complexity index is 521. The van der Waals surface area contributed by atoms with Crippen molar-refractivity contribution in [3.8, 4) is 0 Å². The molecule has 17 heavy (non-hydrogen) atoms. The molecule has 0 radical (unpaired) electrons. The van der Waals surface area contributed by atoms with Crippen molar-refractivity contribution in [1.82, 2.24) is 4.90 Å². The molecule has 1 amide bonds. The van der Waals surface area contributed by atoms with E-state index in [1.54, 1.807) is 0 Å². The number of benzene rings is 2. The van der Waals surface area contributed by atoms with Crippen molar-refractivity contribution in [2.45, 2.75) is 6.04 Å². The monoisotopic (exact) mass is 223 g/mol. The van der Waals surface area contributed by atoms with E-state index in [9.17, 15) is 4.79 Å². The van der Waals surface area contributed by atoms with Gasteiger partial charge in [-0.1, -0.05) is 48.5 Å². The number of carbonyl (C=O) groups is 1. The van der Waals surface area contributed by atoms with Gasteiger partial charge < -0.3 is 4.90 Å². The molecule has 0 spiro atoms. The molecule has 0 N–H and O–H groups in total. The first-order valence-corrected chi connectivity index (χ1v) is 5.77. The van der Waals surface area contributed by atoms with Gasteiger partial charge in [0.15, 0.2) is 0 Å². The van der Waals surface area contributed by atoms with Gasteiger partial charge in [-0.15, -0.1) is 0 Å². The number of hydrogen-bond acceptors (Lipinski definition) is 1. The van der Waals surface area contributed by atoms with Gasteiger partial charge in [0, 0.05) is 12.1 Å². The molecule has 3 rings (SSSR count). The maximum absolute atomic E-state index is 12.1. The highest BCUT2D eigenvalue weighted by atomic mass is 16.2. The standard InChI is InChI=1S/C15H13NO/c17-15(13-9-5-2-6-10-13)16-11-14(16)12-7-3-1-4-8-12/h1-10,14H,11H2. The molecule has 0 aliphatic carbocycles. The van der Waals surface area contributed by atoms with Gasteiger partial charge in [0.25, 0.3) is 5.91 Å². The van der Waals surface area contributed by atoms with E-state index in [1.165, 1.54) is 5.56 Å². The summed E-state index contributed by atoms with van der Waals surface area (Å²) in [5.74, 6) is 0.124. The molecule has 2 nitrogen and oxygen atoms in total. The topological polar surface area (TPSA) is 20.1 Å². The molecule has 2 aromatic rings. The second-order valence-corrected chi connectivity index (χ2v) is 4.25. The number of nitrogens with zero attached hydrogens (tertiary/aromatic N) is 1. The smallest absolute Gasteiger partial charge is 0.254 e. The van der Waals surface area contributed by atoms with Crippen LogP contribution < -0.4 is 0 Å². The van der Waals surface area contributed by atoms with E-state index in [-0.39, 0.29) is 11.9 Å². The van der Waals surface area contributed by atoms with E-state index < -0.39 is 0 Å². The predicted octanol–water partition coefficient (Wildman–Crippen LogP) is 2.88. The summed E-state index contributed by atoms with van der Waals surface area (Å²) in [6.45, 7) is 0.831. The number of carbonyl (C=O) groups excluding carboxylic acids is 1. The van der Waals surface area contributed by atoms with E-state index in [0.717, 1.165) is 12.1 Å². The Balaban J connectivity index is 1.76. The molecule has 0 aromatic heterocycles. The highest BCUT2D eigenvalue weighted by Gasteiger charge is 2.39. The van der Waals surface area contributed by atoms with Crippen LogP contribution in [0.1, 0.15) is 22.0 Å². The molecule has 0 saturated carbocycles. The van der Waals surface area contributed by atoms with Crippen molar-refractivity contribution in [2.24, 2.45) is 0 Å². The average molecular weight is 223 g/mol. The normalized spacial score (nSPS) is 17.9. The molecule has 84 valence electrons. The highest BCUT2D eigenvalue weighted by molar-refractivity contribution is 5.96. The number of amides is 1. The fourth-order valence-corrected chi connectivity index (χ4v) is 2.07. The largest absolute Gasteiger partial charge is 0.327 e. The molecular weight excluding hydrogens is 210 g/mol. The fourth-order valence-electron chi connectivity index (χ4n) is 2.07. The van der Waals surface area contributed by atoms with Gasteiger partial charge in [0.1, 0.15) is 0 Å². The summed E-state index contributed by atoms with van der Waals surface area (Å²) < 4.78 is 0. The Hall–Kier alpha value is -2.09. The summed E-state index contributed by atoms with van der Waals surface area (Å²) in [6, 6.07) is 19.9. The molecule has 1 unspecified atom stereocenters. The number of rotatable bonds is 2. The molecule has 2 heteroatoms. The summed E-state index contributed by atoms with van der Waals surface area (Å²) in [6.07, 6.45) is 0. The van der Waals surface area contributed by atoms with Crippen molar-refractivity contribution < 1.29 is 4.79 Å². The average Bonchev–Trinajstić information content (AvgIpc) is 3.20. The quantitative estimate of drug-likeness (QED) is 0.717. The van der Waals surface area contributed by atoms with Gasteiger partial charge >= 0.3 is 0 Å². The van der Waals surface area contributed by atoms with Crippen molar-refractivity contribution in [1.29, 1.82) is 0 Å². The Kier molecular flexibility index (Phi) is 2.41. The van der Waals surface area contributed by atoms with Gasteiger partial charge in [0.05, 0.1) is 6.04 Å². The van der Waals surface area contributed by atoms with Gasteiger partial charge in [-0.3, -0.25) is 4.79 Å². The Morgan fingerprint density at radius 1 is 0.941 bits per heavy atom. The summed E-state index contributed by atoms with van der Waals surface area (Å²) in [4.78, 5) is 14.0. The summed E-state index contributed by atoms with van der Waals surface area (Å²) in [5, 5.41) is 0. The van der Waals surface area contributed by atoms with Crippen LogP contribution in [0.5, 0.6) is 0 Å². The van der Waals surface area contributed by atoms with Crippen LogP contribution in [0.15, 0.2) is 60.7 Å². The summed E-state index contributed by atoms with van der Waals surface area (Å²) in [5.41, 5.74) is 1.99. The molecule has 1 atom stereocenters. The number of hydrogen-bond donors (Lipinski definition) is 0. The molecule has 1 heterocycles. The lowest BCUT2D eigenvalue weighted by Gasteiger charge is -2.04. The lowest BCUT2D eigenvalue weighted by atomic mass is 10.1. The zero-order chi connectivity index (χ0) is 11.7. The zero-order valence-corrected chi connectivity index (χ0v) is 9.41. The first-order chi connectivity index (χ1) is 8.36. The molecule has 0 bridgehead atoms. The molecular formula is C15H13NO. The molecule has 1 saturated heterocycles. The molecule has 2 aromatic carbocycles. The van der Waals surface area contributed by atoms with Gasteiger partial charge in [-0.25, -0.2) is 0 Å². The minimum Gasteiger partial charge on any atom is -0.327 e. The predicted molar refractivity (Wildman–Crippen MR) is 66.7 cm³/mol. The van der Waals surface area contributed by atoms with E-state index in [1.807, 2.05) is 53.4 Å². The molecule has 1 aliphatic rings. The van der Waals surface area contributed by atoms with Crippen LogP contribution in [0.4, 0.5) is 0 Å². The lowest BCUT2D eigenvalue weighted by molar-refractivity contribution is 0.0874. The van der Waals surface area contributed by atoms with E-state index in [0.29, 0.717) is 0 Å². The second kappa shape index (κ2) is 4.06. The minimum atomic E-state index is 0.124. The van der Waals surface area contributed by atoms with Crippen molar-refractivity contribution in [2.75, 3.05) is 6.54 Å². The van der Waals surface area contributed by atoms with Crippen molar-refractivity contribution in [3.05, 3.63) is 71.8 Å². The molecule has 1 aliphatic heterocycles. The Labute approximate surface area is 100 Å². The van der Waals surface area contributed by atoms with E-state index >= 15 is 0 Å². The van der Waals surface area contributed by atoms with Crippen LogP contribution in [0.25, 0.3) is 0 Å². The zero-order valence-electron chi connectivity index (χ0n) is 9.41. The van der Waals surface area contributed by atoms with Crippen LogP contribution in [-0.4, -0.2) is 17.4 Å². The third-order valence-corrected chi connectivity index (χ3v) is 3.08. The maximum Gasteiger partial charge on any atom is 0.254 e. The minimum absolute atomic E-state index is 0.124. The highest BCUT2D eigenvalue weighted by Crippen LogP contribution is 2.35. The van der Waals surface area contributed by atoms with E-state index in [4.69, 9.17) is 0 Å². The second-order valence-electron chi connectivity index (χ2n) is 4.25. The first-order valence-electron chi connectivity index (χ1n) is 5.77. The third kappa shape index (κ3) is 1.94.